The fourth-order valence-electron chi connectivity index (χ4n) is 3.18. The molecule has 0 heterocycles. The van der Waals surface area contributed by atoms with Crippen molar-refractivity contribution in [2.45, 2.75) is 39.0 Å². The van der Waals surface area contributed by atoms with E-state index in [1.807, 2.05) is 24.3 Å². The molecule has 5 heteroatoms. The smallest absolute Gasteiger partial charge is 0.161 e. The average molecular weight is 444 g/mol. The van der Waals surface area contributed by atoms with E-state index in [1.165, 1.54) is 5.56 Å². The topological polar surface area (TPSA) is 30.5 Å². The molecule has 0 unspecified atom stereocenters. The molecule has 0 saturated heterocycles. The molecule has 0 aliphatic rings. The van der Waals surface area contributed by atoms with Crippen molar-refractivity contribution in [3.63, 3.8) is 0 Å². The van der Waals surface area contributed by atoms with Crippen LogP contribution in [0.1, 0.15) is 30.0 Å². The van der Waals surface area contributed by atoms with E-state index in [1.54, 1.807) is 19.2 Å². The first-order valence-corrected chi connectivity index (χ1v) is 10.8. The number of hydrogen-bond acceptors (Lipinski definition) is 3. The summed E-state index contributed by atoms with van der Waals surface area (Å²) in [5.41, 5.74) is 3.27. The summed E-state index contributed by atoms with van der Waals surface area (Å²) in [7, 11) is 1.64. The Morgan fingerprint density at radius 2 is 1.60 bits per heavy atom. The maximum atomic E-state index is 6.23. The van der Waals surface area contributed by atoms with Crippen LogP contribution in [-0.2, 0) is 19.6 Å². The van der Waals surface area contributed by atoms with Crippen LogP contribution in [0.4, 0.5) is 0 Å². The van der Waals surface area contributed by atoms with E-state index >= 15 is 0 Å². The van der Waals surface area contributed by atoms with Crippen LogP contribution in [0.3, 0.4) is 0 Å². The van der Waals surface area contributed by atoms with E-state index in [2.05, 4.69) is 42.6 Å². The van der Waals surface area contributed by atoms with Gasteiger partial charge in [-0.05, 0) is 55.2 Å². The second kappa shape index (κ2) is 11.3. The second-order valence-electron chi connectivity index (χ2n) is 7.28. The molecule has 3 nitrogen and oxygen atoms in total. The predicted octanol–water partition coefficient (Wildman–Crippen LogP) is 6.69. The molecule has 0 aromatic heterocycles. The maximum absolute atomic E-state index is 6.23. The Morgan fingerprint density at radius 3 is 2.30 bits per heavy atom. The molecule has 1 atom stereocenters. The first-order valence-electron chi connectivity index (χ1n) is 10.1. The third-order valence-electron chi connectivity index (χ3n) is 5.03. The van der Waals surface area contributed by atoms with Crippen LogP contribution in [0.15, 0.2) is 66.7 Å². The molecule has 0 aliphatic carbocycles. The van der Waals surface area contributed by atoms with Crippen LogP contribution in [-0.4, -0.2) is 13.2 Å². The van der Waals surface area contributed by atoms with Crippen molar-refractivity contribution in [1.29, 1.82) is 0 Å². The summed E-state index contributed by atoms with van der Waals surface area (Å²) in [5, 5.41) is 4.76. The monoisotopic (exact) mass is 443 g/mol. The van der Waals surface area contributed by atoms with Crippen molar-refractivity contribution in [2.75, 3.05) is 7.11 Å². The lowest BCUT2D eigenvalue weighted by Crippen LogP contribution is -2.26. The molecule has 0 radical (unpaired) electrons. The maximum Gasteiger partial charge on any atom is 0.161 e. The Bertz CT molecular complexity index is 927. The van der Waals surface area contributed by atoms with Gasteiger partial charge in [0, 0.05) is 28.2 Å². The molecule has 30 heavy (non-hydrogen) atoms. The Labute approximate surface area is 188 Å². The van der Waals surface area contributed by atoms with Crippen LogP contribution in [0, 0.1) is 0 Å². The molecular formula is C25H27Cl2NO2. The molecule has 0 amide bonds. The highest BCUT2D eigenvalue weighted by molar-refractivity contribution is 6.35. The highest BCUT2D eigenvalue weighted by Gasteiger charge is 2.11. The number of ether oxygens (including phenoxy) is 2. The third-order valence-corrected chi connectivity index (χ3v) is 5.73. The minimum Gasteiger partial charge on any atom is -0.493 e. The molecular weight excluding hydrogens is 417 g/mol. The molecule has 0 saturated carbocycles. The Morgan fingerprint density at radius 1 is 0.867 bits per heavy atom. The van der Waals surface area contributed by atoms with Gasteiger partial charge in [-0.25, -0.2) is 0 Å². The quantitative estimate of drug-likeness (QED) is 0.378. The second-order valence-corrected chi connectivity index (χ2v) is 8.09. The van der Waals surface area contributed by atoms with Crippen molar-refractivity contribution in [2.24, 2.45) is 0 Å². The standard InChI is InChI=1S/C25H27Cl2NO2/c1-18(11-12-19-7-4-3-5-8-19)28-16-20-13-14-24(25(15-20)29-2)30-17-21-22(26)9-6-10-23(21)27/h3-10,13-15,18,28H,11-12,16-17H2,1-2H3/t18-/m1/s1. The van der Waals surface area contributed by atoms with Crippen LogP contribution < -0.4 is 14.8 Å². The summed E-state index contributed by atoms with van der Waals surface area (Å²) in [5.74, 6) is 1.35. The van der Waals surface area contributed by atoms with Gasteiger partial charge >= 0.3 is 0 Å². The van der Waals surface area contributed by atoms with Gasteiger partial charge in [0.1, 0.15) is 6.61 Å². The summed E-state index contributed by atoms with van der Waals surface area (Å²) in [6.45, 7) is 3.26. The molecule has 0 aliphatic heterocycles. The number of benzene rings is 3. The zero-order valence-electron chi connectivity index (χ0n) is 17.3. The van der Waals surface area contributed by atoms with Crippen molar-refractivity contribution in [3.8, 4) is 11.5 Å². The van der Waals surface area contributed by atoms with Gasteiger partial charge in [0.15, 0.2) is 11.5 Å². The number of halogens is 2. The molecule has 3 aromatic rings. The van der Waals surface area contributed by atoms with Gasteiger partial charge in [-0.2, -0.15) is 0 Å². The lowest BCUT2D eigenvalue weighted by molar-refractivity contribution is 0.284. The predicted molar refractivity (Wildman–Crippen MR) is 125 cm³/mol. The van der Waals surface area contributed by atoms with Gasteiger partial charge in [0.25, 0.3) is 0 Å². The molecule has 3 rings (SSSR count). The Hall–Kier alpha value is -2.20. The summed E-state index contributed by atoms with van der Waals surface area (Å²) in [6, 6.07) is 22.4. The van der Waals surface area contributed by atoms with Crippen molar-refractivity contribution in [1.82, 2.24) is 5.32 Å². The minimum atomic E-state index is 0.281. The summed E-state index contributed by atoms with van der Waals surface area (Å²) in [4.78, 5) is 0. The highest BCUT2D eigenvalue weighted by atomic mass is 35.5. The molecule has 3 aromatic carbocycles. The van der Waals surface area contributed by atoms with Crippen molar-refractivity contribution < 1.29 is 9.47 Å². The zero-order valence-corrected chi connectivity index (χ0v) is 18.8. The lowest BCUT2D eigenvalue weighted by Gasteiger charge is -2.16. The Kier molecular flexibility index (Phi) is 8.44. The zero-order chi connectivity index (χ0) is 21.3. The lowest BCUT2D eigenvalue weighted by atomic mass is 10.1. The van der Waals surface area contributed by atoms with E-state index in [0.29, 0.717) is 27.6 Å². The fourth-order valence-corrected chi connectivity index (χ4v) is 3.69. The first kappa shape index (κ1) is 22.5. The third kappa shape index (κ3) is 6.40. The van der Waals surface area contributed by atoms with Gasteiger partial charge in [-0.1, -0.05) is 65.7 Å². The van der Waals surface area contributed by atoms with Crippen LogP contribution in [0.2, 0.25) is 10.0 Å². The molecule has 0 fully saturated rings. The number of hydrogen-bond donors (Lipinski definition) is 1. The molecule has 1 N–H and O–H groups in total. The van der Waals surface area contributed by atoms with Gasteiger partial charge in [-0.15, -0.1) is 0 Å². The fraction of sp³-hybridized carbons (Fsp3) is 0.280. The van der Waals surface area contributed by atoms with E-state index in [0.717, 1.165) is 30.5 Å². The number of nitrogens with one attached hydrogen (secondary N) is 1. The minimum absolute atomic E-state index is 0.281. The number of aryl methyl sites for hydroxylation is 1. The largest absolute Gasteiger partial charge is 0.493 e. The first-order chi connectivity index (χ1) is 14.6. The Balaban J connectivity index is 1.54. The number of methoxy groups -OCH3 is 1. The highest BCUT2D eigenvalue weighted by Crippen LogP contribution is 2.31. The van der Waals surface area contributed by atoms with Crippen molar-refractivity contribution >= 4 is 23.2 Å². The van der Waals surface area contributed by atoms with Gasteiger partial charge < -0.3 is 14.8 Å². The molecule has 0 bridgehead atoms. The van der Waals surface area contributed by atoms with Crippen LogP contribution in [0.5, 0.6) is 11.5 Å². The summed E-state index contributed by atoms with van der Waals surface area (Å²) in [6.07, 6.45) is 2.15. The normalized spacial score (nSPS) is 11.9. The van der Waals surface area contributed by atoms with E-state index in [9.17, 15) is 0 Å². The van der Waals surface area contributed by atoms with E-state index < -0.39 is 0 Å². The van der Waals surface area contributed by atoms with E-state index in [4.69, 9.17) is 32.7 Å². The van der Waals surface area contributed by atoms with Crippen molar-refractivity contribution in [3.05, 3.63) is 93.5 Å². The molecule has 158 valence electrons. The van der Waals surface area contributed by atoms with Gasteiger partial charge in [-0.3, -0.25) is 0 Å². The molecule has 0 spiro atoms. The van der Waals surface area contributed by atoms with Gasteiger partial charge in [0.05, 0.1) is 7.11 Å². The van der Waals surface area contributed by atoms with Crippen LogP contribution >= 0.6 is 23.2 Å². The summed E-state index contributed by atoms with van der Waals surface area (Å²) < 4.78 is 11.5. The van der Waals surface area contributed by atoms with Gasteiger partial charge in [0.2, 0.25) is 0 Å². The average Bonchev–Trinajstić information content (AvgIpc) is 2.77. The summed E-state index contributed by atoms with van der Waals surface area (Å²) >= 11 is 12.5. The number of rotatable bonds is 10. The SMILES string of the molecule is COc1cc(CN[C@H](C)CCc2ccccc2)ccc1OCc1c(Cl)cccc1Cl. The van der Waals surface area contributed by atoms with Crippen LogP contribution in [0.25, 0.3) is 0 Å². The van der Waals surface area contributed by atoms with E-state index in [-0.39, 0.29) is 6.61 Å².